The van der Waals surface area contributed by atoms with Crippen molar-refractivity contribution in [3.8, 4) is 0 Å². The highest BCUT2D eigenvalue weighted by molar-refractivity contribution is 5.85. The monoisotopic (exact) mass is 275 g/mol. The van der Waals surface area contributed by atoms with E-state index in [0.717, 1.165) is 43.8 Å². The van der Waals surface area contributed by atoms with Crippen LogP contribution in [0.5, 0.6) is 0 Å². The van der Waals surface area contributed by atoms with Crippen LogP contribution in [-0.2, 0) is 18.3 Å². The highest BCUT2D eigenvalue weighted by atomic mass is 16.6. The van der Waals surface area contributed by atoms with Gasteiger partial charge < -0.3 is 9.30 Å². The number of fused-ring (bicyclic) bond motifs is 1. The minimum Gasteiger partial charge on any atom is -0.379 e. The summed E-state index contributed by atoms with van der Waals surface area (Å²) >= 11 is 0. The van der Waals surface area contributed by atoms with Crippen LogP contribution in [0, 0.1) is 10.1 Å². The summed E-state index contributed by atoms with van der Waals surface area (Å²) in [6.45, 7) is 4.28. The summed E-state index contributed by atoms with van der Waals surface area (Å²) in [7, 11) is 1.93. The van der Waals surface area contributed by atoms with E-state index in [1.165, 1.54) is 5.56 Å². The first-order valence-electron chi connectivity index (χ1n) is 6.67. The second kappa shape index (κ2) is 5.22. The van der Waals surface area contributed by atoms with Crippen molar-refractivity contribution < 1.29 is 9.66 Å². The molecule has 0 N–H and O–H groups in total. The second-order valence-corrected chi connectivity index (χ2v) is 5.11. The Bertz CT molecular complexity index is 644. The standard InChI is InChI=1S/C14H17N3O3/c1-15-9-11(10-16-4-6-20-7-5-16)13-3-2-12(17(18)19)8-14(13)15/h2-3,8-9H,4-7,10H2,1H3. The molecule has 0 atom stereocenters. The number of aryl methyl sites for hydroxylation is 1. The highest BCUT2D eigenvalue weighted by Gasteiger charge is 2.16. The summed E-state index contributed by atoms with van der Waals surface area (Å²) in [5.74, 6) is 0. The molecular formula is C14H17N3O3. The molecule has 0 bridgehead atoms. The lowest BCUT2D eigenvalue weighted by Gasteiger charge is -2.26. The molecule has 106 valence electrons. The van der Waals surface area contributed by atoms with E-state index in [1.54, 1.807) is 12.1 Å². The first kappa shape index (κ1) is 13.1. The average molecular weight is 275 g/mol. The number of hydrogen-bond donors (Lipinski definition) is 0. The molecule has 0 amide bonds. The Hall–Kier alpha value is -1.92. The molecule has 20 heavy (non-hydrogen) atoms. The molecule has 6 nitrogen and oxygen atoms in total. The van der Waals surface area contributed by atoms with Crippen molar-refractivity contribution in [2.45, 2.75) is 6.54 Å². The van der Waals surface area contributed by atoms with Crippen molar-refractivity contribution in [2.24, 2.45) is 7.05 Å². The van der Waals surface area contributed by atoms with Crippen LogP contribution in [0.2, 0.25) is 0 Å². The van der Waals surface area contributed by atoms with Gasteiger partial charge in [0.15, 0.2) is 0 Å². The fraction of sp³-hybridized carbons (Fsp3) is 0.429. The fourth-order valence-corrected chi connectivity index (χ4v) is 2.70. The van der Waals surface area contributed by atoms with Gasteiger partial charge in [0.1, 0.15) is 0 Å². The van der Waals surface area contributed by atoms with Crippen LogP contribution in [0.3, 0.4) is 0 Å². The molecule has 6 heteroatoms. The van der Waals surface area contributed by atoms with Gasteiger partial charge in [0.2, 0.25) is 0 Å². The number of ether oxygens (including phenoxy) is 1. The molecule has 1 saturated heterocycles. The van der Waals surface area contributed by atoms with Crippen LogP contribution in [0.15, 0.2) is 24.4 Å². The van der Waals surface area contributed by atoms with Crippen LogP contribution in [0.1, 0.15) is 5.56 Å². The van der Waals surface area contributed by atoms with Crippen molar-refractivity contribution in [1.29, 1.82) is 0 Å². The number of nitrogens with zero attached hydrogens (tertiary/aromatic N) is 3. The Morgan fingerprint density at radius 1 is 1.35 bits per heavy atom. The zero-order valence-electron chi connectivity index (χ0n) is 11.4. The Kier molecular flexibility index (Phi) is 3.42. The maximum absolute atomic E-state index is 10.9. The zero-order chi connectivity index (χ0) is 14.1. The molecule has 1 aromatic heterocycles. The van der Waals surface area contributed by atoms with Gasteiger partial charge in [0.25, 0.3) is 5.69 Å². The van der Waals surface area contributed by atoms with Gasteiger partial charge >= 0.3 is 0 Å². The molecule has 0 aliphatic carbocycles. The summed E-state index contributed by atoms with van der Waals surface area (Å²) in [6, 6.07) is 5.06. The summed E-state index contributed by atoms with van der Waals surface area (Å²) in [4.78, 5) is 12.8. The van der Waals surface area contributed by atoms with Gasteiger partial charge in [-0.1, -0.05) is 0 Å². The molecule has 0 unspecified atom stereocenters. The SMILES string of the molecule is Cn1cc(CN2CCOCC2)c2ccc([N+](=O)[O-])cc21. The van der Waals surface area contributed by atoms with Gasteiger partial charge in [0.05, 0.1) is 23.7 Å². The van der Waals surface area contributed by atoms with Gasteiger partial charge in [-0.3, -0.25) is 15.0 Å². The summed E-state index contributed by atoms with van der Waals surface area (Å²) in [5.41, 5.74) is 2.25. The molecule has 0 saturated carbocycles. The molecule has 2 aromatic rings. The Morgan fingerprint density at radius 3 is 2.80 bits per heavy atom. The van der Waals surface area contributed by atoms with Gasteiger partial charge in [0, 0.05) is 50.4 Å². The average Bonchev–Trinajstić information content (AvgIpc) is 2.76. The lowest BCUT2D eigenvalue weighted by atomic mass is 10.1. The summed E-state index contributed by atoms with van der Waals surface area (Å²) in [6.07, 6.45) is 2.06. The van der Waals surface area contributed by atoms with Crippen molar-refractivity contribution in [3.05, 3.63) is 40.1 Å². The molecule has 1 fully saturated rings. The molecule has 1 aliphatic rings. The Morgan fingerprint density at radius 2 is 2.10 bits per heavy atom. The van der Waals surface area contributed by atoms with E-state index in [0.29, 0.717) is 0 Å². The number of aromatic nitrogens is 1. The molecule has 3 rings (SSSR count). The van der Waals surface area contributed by atoms with Gasteiger partial charge in [-0.2, -0.15) is 0 Å². The Labute approximate surface area is 116 Å². The van der Waals surface area contributed by atoms with Crippen molar-refractivity contribution >= 4 is 16.6 Å². The highest BCUT2D eigenvalue weighted by Crippen LogP contribution is 2.26. The molecule has 0 spiro atoms. The van der Waals surface area contributed by atoms with Gasteiger partial charge in [-0.15, -0.1) is 0 Å². The smallest absolute Gasteiger partial charge is 0.271 e. The molecule has 2 heterocycles. The van der Waals surface area contributed by atoms with Crippen LogP contribution >= 0.6 is 0 Å². The number of hydrogen-bond acceptors (Lipinski definition) is 4. The third kappa shape index (κ3) is 2.39. The van der Waals surface area contributed by atoms with Crippen LogP contribution in [-0.4, -0.2) is 40.7 Å². The van der Waals surface area contributed by atoms with Crippen molar-refractivity contribution in [2.75, 3.05) is 26.3 Å². The first-order valence-corrected chi connectivity index (χ1v) is 6.67. The maximum Gasteiger partial charge on any atom is 0.271 e. The van der Waals surface area contributed by atoms with E-state index < -0.39 is 0 Å². The number of rotatable bonds is 3. The van der Waals surface area contributed by atoms with Crippen LogP contribution < -0.4 is 0 Å². The van der Waals surface area contributed by atoms with E-state index in [1.807, 2.05) is 17.7 Å². The van der Waals surface area contributed by atoms with E-state index >= 15 is 0 Å². The van der Waals surface area contributed by atoms with Gasteiger partial charge in [-0.25, -0.2) is 0 Å². The minimum atomic E-state index is -0.353. The quantitative estimate of drug-likeness (QED) is 0.634. The minimum absolute atomic E-state index is 0.136. The largest absolute Gasteiger partial charge is 0.379 e. The fourth-order valence-electron chi connectivity index (χ4n) is 2.70. The second-order valence-electron chi connectivity index (χ2n) is 5.11. The molecule has 1 aromatic carbocycles. The van der Waals surface area contributed by atoms with Crippen LogP contribution in [0.25, 0.3) is 10.9 Å². The van der Waals surface area contributed by atoms with Crippen LogP contribution in [0.4, 0.5) is 5.69 Å². The summed E-state index contributed by atoms with van der Waals surface area (Å²) < 4.78 is 7.31. The molecular weight excluding hydrogens is 258 g/mol. The third-order valence-electron chi connectivity index (χ3n) is 3.77. The van der Waals surface area contributed by atoms with Crippen molar-refractivity contribution in [1.82, 2.24) is 9.47 Å². The van der Waals surface area contributed by atoms with E-state index in [4.69, 9.17) is 4.74 Å². The maximum atomic E-state index is 10.9. The van der Waals surface area contributed by atoms with Crippen molar-refractivity contribution in [3.63, 3.8) is 0 Å². The van der Waals surface area contributed by atoms with Gasteiger partial charge in [-0.05, 0) is 11.6 Å². The zero-order valence-corrected chi connectivity index (χ0v) is 11.4. The predicted octanol–water partition coefficient (Wildman–Crippen LogP) is 1.92. The normalized spacial score (nSPS) is 16.6. The van der Waals surface area contributed by atoms with E-state index in [-0.39, 0.29) is 10.6 Å². The number of benzene rings is 1. The topological polar surface area (TPSA) is 60.5 Å². The summed E-state index contributed by atoms with van der Waals surface area (Å²) in [5, 5.41) is 11.9. The molecule has 1 aliphatic heterocycles. The Balaban J connectivity index is 1.93. The number of morpholine rings is 1. The lowest BCUT2D eigenvalue weighted by molar-refractivity contribution is -0.384. The number of nitro groups is 1. The predicted molar refractivity (Wildman–Crippen MR) is 75.7 cm³/mol. The van der Waals surface area contributed by atoms with E-state index in [2.05, 4.69) is 11.1 Å². The lowest BCUT2D eigenvalue weighted by Crippen LogP contribution is -2.35. The molecule has 0 radical (unpaired) electrons. The number of non-ortho nitro benzene ring substituents is 1. The third-order valence-corrected chi connectivity index (χ3v) is 3.77. The number of nitro benzene ring substituents is 1. The first-order chi connectivity index (χ1) is 9.65. The van der Waals surface area contributed by atoms with E-state index in [9.17, 15) is 10.1 Å².